The van der Waals surface area contributed by atoms with Crippen LogP contribution in [0.2, 0.25) is 5.02 Å². The number of hydrogen-bond acceptors (Lipinski definition) is 4. The lowest BCUT2D eigenvalue weighted by Gasteiger charge is -2.25. The van der Waals surface area contributed by atoms with Crippen molar-refractivity contribution in [2.45, 2.75) is 26.4 Å². The van der Waals surface area contributed by atoms with Crippen molar-refractivity contribution in [2.24, 2.45) is 5.73 Å². The molecule has 20 heavy (non-hydrogen) atoms. The van der Waals surface area contributed by atoms with Gasteiger partial charge in [-0.15, -0.1) is 0 Å². The highest BCUT2D eigenvalue weighted by atomic mass is 35.5. The van der Waals surface area contributed by atoms with E-state index in [1.165, 1.54) is 0 Å². The molecule has 0 saturated carbocycles. The van der Waals surface area contributed by atoms with Gasteiger partial charge in [0, 0.05) is 36.1 Å². The Labute approximate surface area is 124 Å². The van der Waals surface area contributed by atoms with Crippen LogP contribution in [0.15, 0.2) is 30.5 Å². The maximum Gasteiger partial charge on any atom is 0.225 e. The highest BCUT2D eigenvalue weighted by molar-refractivity contribution is 6.30. The van der Waals surface area contributed by atoms with Crippen molar-refractivity contribution < 1.29 is 0 Å². The van der Waals surface area contributed by atoms with E-state index in [1.807, 2.05) is 43.1 Å². The van der Waals surface area contributed by atoms with Crippen LogP contribution in [-0.4, -0.2) is 17.0 Å². The number of nitrogens with zero attached hydrogens (tertiary/aromatic N) is 3. The quantitative estimate of drug-likeness (QED) is 0.940. The Bertz CT molecular complexity index is 600. The number of nitrogens with two attached hydrogens (primary N) is 1. The van der Waals surface area contributed by atoms with E-state index in [0.29, 0.717) is 12.5 Å². The van der Waals surface area contributed by atoms with Crippen LogP contribution in [0.4, 0.5) is 5.95 Å². The van der Waals surface area contributed by atoms with E-state index in [4.69, 9.17) is 17.3 Å². The zero-order valence-corrected chi connectivity index (χ0v) is 12.7. The molecule has 0 aliphatic heterocycles. The third-order valence-corrected chi connectivity index (χ3v) is 3.75. The van der Waals surface area contributed by atoms with Gasteiger partial charge in [0.2, 0.25) is 5.95 Å². The minimum atomic E-state index is 0.136. The van der Waals surface area contributed by atoms with Gasteiger partial charge in [-0.05, 0) is 31.5 Å². The van der Waals surface area contributed by atoms with E-state index in [0.717, 1.165) is 21.8 Å². The average molecular weight is 291 g/mol. The maximum absolute atomic E-state index is 6.04. The summed E-state index contributed by atoms with van der Waals surface area (Å²) < 4.78 is 0. The monoisotopic (exact) mass is 290 g/mol. The van der Waals surface area contributed by atoms with Crippen LogP contribution in [0, 0.1) is 6.92 Å². The number of hydrogen-bond donors (Lipinski definition) is 1. The number of benzene rings is 1. The normalized spacial score (nSPS) is 12.2. The van der Waals surface area contributed by atoms with Gasteiger partial charge in [-0.1, -0.05) is 23.7 Å². The summed E-state index contributed by atoms with van der Waals surface area (Å²) in [5, 5.41) is 0.735. The lowest BCUT2D eigenvalue weighted by molar-refractivity contribution is 0.711. The Hall–Kier alpha value is -1.65. The number of aromatic nitrogens is 2. The smallest absolute Gasteiger partial charge is 0.225 e. The molecule has 0 fully saturated rings. The summed E-state index contributed by atoms with van der Waals surface area (Å²) in [6.07, 6.45) is 1.79. The zero-order valence-electron chi connectivity index (χ0n) is 12.0. The van der Waals surface area contributed by atoms with Crippen LogP contribution >= 0.6 is 11.6 Å². The molecule has 106 valence electrons. The molecular weight excluding hydrogens is 272 g/mol. The molecule has 1 atom stereocenters. The summed E-state index contributed by atoms with van der Waals surface area (Å²) in [5.74, 6) is 0.687. The molecule has 5 heteroatoms. The zero-order chi connectivity index (χ0) is 14.7. The summed E-state index contributed by atoms with van der Waals surface area (Å²) >= 11 is 6.04. The summed E-state index contributed by atoms with van der Waals surface area (Å²) in [5.41, 5.74) is 8.65. The van der Waals surface area contributed by atoms with Gasteiger partial charge in [0.05, 0.1) is 6.04 Å². The van der Waals surface area contributed by atoms with Gasteiger partial charge in [-0.25, -0.2) is 9.97 Å². The van der Waals surface area contributed by atoms with Crippen molar-refractivity contribution in [3.05, 3.63) is 52.3 Å². The van der Waals surface area contributed by atoms with E-state index >= 15 is 0 Å². The second kappa shape index (κ2) is 6.20. The van der Waals surface area contributed by atoms with Gasteiger partial charge >= 0.3 is 0 Å². The fourth-order valence-electron chi connectivity index (χ4n) is 2.01. The third-order valence-electron chi connectivity index (χ3n) is 3.52. The van der Waals surface area contributed by atoms with Crippen LogP contribution in [0.25, 0.3) is 0 Å². The Morgan fingerprint density at radius 1 is 1.40 bits per heavy atom. The van der Waals surface area contributed by atoms with Crippen molar-refractivity contribution in [1.82, 2.24) is 9.97 Å². The summed E-state index contributed by atoms with van der Waals surface area (Å²) in [6.45, 7) is 4.51. The molecule has 0 aliphatic rings. The Kier molecular flexibility index (Phi) is 4.57. The first-order valence-electron chi connectivity index (χ1n) is 6.53. The van der Waals surface area contributed by atoms with E-state index in [9.17, 15) is 0 Å². The molecule has 0 spiro atoms. The van der Waals surface area contributed by atoms with Gasteiger partial charge in [0.15, 0.2) is 0 Å². The van der Waals surface area contributed by atoms with Crippen LogP contribution in [0.1, 0.15) is 29.8 Å². The third kappa shape index (κ3) is 3.08. The molecule has 1 aromatic heterocycles. The van der Waals surface area contributed by atoms with Gasteiger partial charge in [-0.2, -0.15) is 0 Å². The fourth-order valence-corrected chi connectivity index (χ4v) is 2.21. The minimum absolute atomic E-state index is 0.136. The molecule has 0 radical (unpaired) electrons. The van der Waals surface area contributed by atoms with Crippen molar-refractivity contribution >= 4 is 17.5 Å². The standard InChI is InChI=1S/C15H19ClN4/c1-10-13(8-17)9-18-15(19-10)20(3)11(2)12-5-4-6-14(16)7-12/h4-7,9,11H,8,17H2,1-3H3. The number of aryl methyl sites for hydroxylation is 1. The molecule has 2 rings (SSSR count). The number of rotatable bonds is 4. The fraction of sp³-hybridized carbons (Fsp3) is 0.333. The predicted molar refractivity (Wildman–Crippen MR) is 82.9 cm³/mol. The van der Waals surface area contributed by atoms with Crippen LogP contribution < -0.4 is 10.6 Å². The average Bonchev–Trinajstić information content (AvgIpc) is 2.45. The maximum atomic E-state index is 6.04. The van der Waals surface area contributed by atoms with Gasteiger partial charge in [0.1, 0.15) is 0 Å². The molecule has 0 bridgehead atoms. The first-order valence-corrected chi connectivity index (χ1v) is 6.91. The van der Waals surface area contributed by atoms with Gasteiger partial charge < -0.3 is 10.6 Å². The van der Waals surface area contributed by atoms with Crippen molar-refractivity contribution in [2.75, 3.05) is 11.9 Å². The SMILES string of the molecule is Cc1nc(N(C)C(C)c2cccc(Cl)c2)ncc1CN. The molecule has 1 aromatic carbocycles. The molecule has 0 saturated heterocycles. The molecule has 1 unspecified atom stereocenters. The summed E-state index contributed by atoms with van der Waals surface area (Å²) in [6, 6.07) is 7.97. The molecule has 0 aliphatic carbocycles. The van der Waals surface area contributed by atoms with Crippen LogP contribution in [-0.2, 0) is 6.54 Å². The van der Waals surface area contributed by atoms with E-state index < -0.39 is 0 Å². The first-order chi connectivity index (χ1) is 9.52. The highest BCUT2D eigenvalue weighted by Crippen LogP contribution is 2.24. The van der Waals surface area contributed by atoms with Gasteiger partial charge in [0.25, 0.3) is 0 Å². The van der Waals surface area contributed by atoms with E-state index in [1.54, 1.807) is 6.20 Å². The largest absolute Gasteiger partial charge is 0.337 e. The van der Waals surface area contributed by atoms with Crippen molar-refractivity contribution in [1.29, 1.82) is 0 Å². The molecule has 2 N–H and O–H groups in total. The summed E-state index contributed by atoms with van der Waals surface area (Å²) in [7, 11) is 1.97. The first kappa shape index (κ1) is 14.8. The molecule has 0 amide bonds. The second-order valence-electron chi connectivity index (χ2n) is 4.83. The summed E-state index contributed by atoms with van der Waals surface area (Å²) in [4.78, 5) is 10.9. The molecule has 4 nitrogen and oxygen atoms in total. The Morgan fingerprint density at radius 3 is 2.75 bits per heavy atom. The Morgan fingerprint density at radius 2 is 2.15 bits per heavy atom. The van der Waals surface area contributed by atoms with Crippen LogP contribution in [0.5, 0.6) is 0 Å². The molecular formula is C15H19ClN4. The van der Waals surface area contributed by atoms with Crippen LogP contribution in [0.3, 0.4) is 0 Å². The Balaban J connectivity index is 2.26. The van der Waals surface area contributed by atoms with Gasteiger partial charge in [-0.3, -0.25) is 0 Å². The topological polar surface area (TPSA) is 55.0 Å². The lowest BCUT2D eigenvalue weighted by Crippen LogP contribution is -2.24. The highest BCUT2D eigenvalue weighted by Gasteiger charge is 2.15. The lowest BCUT2D eigenvalue weighted by atomic mass is 10.1. The number of halogens is 1. The number of anilines is 1. The minimum Gasteiger partial charge on any atom is -0.337 e. The second-order valence-corrected chi connectivity index (χ2v) is 5.26. The predicted octanol–water partition coefficient (Wildman–Crippen LogP) is 3.09. The molecule has 1 heterocycles. The molecule has 2 aromatic rings. The van der Waals surface area contributed by atoms with Crippen molar-refractivity contribution in [3.63, 3.8) is 0 Å². The van der Waals surface area contributed by atoms with Crippen molar-refractivity contribution in [3.8, 4) is 0 Å². The van der Waals surface area contributed by atoms with E-state index in [2.05, 4.69) is 16.9 Å². The van der Waals surface area contributed by atoms with E-state index in [-0.39, 0.29) is 6.04 Å².